The van der Waals surface area contributed by atoms with Gasteiger partial charge in [-0.25, -0.2) is 9.78 Å². The summed E-state index contributed by atoms with van der Waals surface area (Å²) in [6.45, 7) is 8.23. The molecule has 6 heteroatoms. The van der Waals surface area contributed by atoms with E-state index in [2.05, 4.69) is 4.98 Å². The van der Waals surface area contributed by atoms with Crippen LogP contribution in [0.5, 0.6) is 5.75 Å². The van der Waals surface area contributed by atoms with Gasteiger partial charge in [0, 0.05) is 24.5 Å². The lowest BCUT2D eigenvalue weighted by Gasteiger charge is -2.36. The molecule has 1 unspecified atom stereocenters. The fourth-order valence-corrected chi connectivity index (χ4v) is 3.16. The minimum absolute atomic E-state index is 0.325. The van der Waals surface area contributed by atoms with E-state index in [4.69, 9.17) is 15.2 Å². The van der Waals surface area contributed by atoms with E-state index in [-0.39, 0.29) is 12.3 Å². The van der Waals surface area contributed by atoms with Crippen LogP contribution in [0.25, 0.3) is 10.8 Å². The topological polar surface area (TPSA) is 77.7 Å². The van der Waals surface area contributed by atoms with Crippen LogP contribution in [0.3, 0.4) is 0 Å². The number of hydrogen-bond acceptors (Lipinski definition) is 5. The zero-order valence-electron chi connectivity index (χ0n) is 15.9. The standard InChI is InChI=1S/C20H27N3O3/c1-13-11-15-14(8-9-22-18(15)21)12-16(13)25-17-7-5-6-10-23(17)19(24)26-20(2,3)4/h8-9,11-12,17H,5-7,10H2,1-4H3,(H2,21,22). The number of nitrogens with zero attached hydrogens (tertiary/aromatic N) is 2. The van der Waals surface area contributed by atoms with Crippen molar-refractivity contribution in [2.75, 3.05) is 12.3 Å². The number of nitrogens with two attached hydrogens (primary N) is 1. The van der Waals surface area contributed by atoms with E-state index in [1.54, 1.807) is 11.1 Å². The molecule has 140 valence electrons. The number of aromatic nitrogens is 1. The first-order valence-corrected chi connectivity index (χ1v) is 9.06. The summed E-state index contributed by atoms with van der Waals surface area (Å²) >= 11 is 0. The monoisotopic (exact) mass is 357 g/mol. The highest BCUT2D eigenvalue weighted by atomic mass is 16.6. The van der Waals surface area contributed by atoms with Gasteiger partial charge in [0.25, 0.3) is 0 Å². The molecule has 2 heterocycles. The van der Waals surface area contributed by atoms with Gasteiger partial charge in [-0.05, 0) is 69.7 Å². The van der Waals surface area contributed by atoms with Crippen molar-refractivity contribution in [2.24, 2.45) is 0 Å². The minimum atomic E-state index is -0.525. The highest BCUT2D eigenvalue weighted by molar-refractivity contribution is 5.92. The molecule has 0 saturated carbocycles. The van der Waals surface area contributed by atoms with Gasteiger partial charge in [0.2, 0.25) is 0 Å². The number of piperidine rings is 1. The average molecular weight is 357 g/mol. The van der Waals surface area contributed by atoms with Crippen molar-refractivity contribution in [1.82, 2.24) is 9.88 Å². The molecule has 3 rings (SSSR count). The summed E-state index contributed by atoms with van der Waals surface area (Å²) in [4.78, 5) is 18.4. The molecule has 1 saturated heterocycles. The Morgan fingerprint density at radius 1 is 1.31 bits per heavy atom. The number of carbonyl (C=O) groups is 1. The zero-order valence-corrected chi connectivity index (χ0v) is 15.9. The van der Waals surface area contributed by atoms with Crippen molar-refractivity contribution < 1.29 is 14.3 Å². The van der Waals surface area contributed by atoms with E-state index >= 15 is 0 Å². The highest BCUT2D eigenvalue weighted by Gasteiger charge is 2.32. The summed E-state index contributed by atoms with van der Waals surface area (Å²) < 4.78 is 11.8. The number of rotatable bonds is 2. The first kappa shape index (κ1) is 18.3. The summed E-state index contributed by atoms with van der Waals surface area (Å²) in [5.41, 5.74) is 6.40. The van der Waals surface area contributed by atoms with Gasteiger partial charge in [-0.3, -0.25) is 4.90 Å². The van der Waals surface area contributed by atoms with Gasteiger partial charge >= 0.3 is 6.09 Å². The molecule has 26 heavy (non-hydrogen) atoms. The number of benzene rings is 1. The Labute approximate surface area is 154 Å². The number of aryl methyl sites for hydroxylation is 1. The fraction of sp³-hybridized carbons (Fsp3) is 0.500. The van der Waals surface area contributed by atoms with Crippen LogP contribution in [0.2, 0.25) is 0 Å². The summed E-state index contributed by atoms with van der Waals surface area (Å²) in [6, 6.07) is 5.85. The van der Waals surface area contributed by atoms with Crippen molar-refractivity contribution in [3.05, 3.63) is 30.0 Å². The lowest BCUT2D eigenvalue weighted by atomic mass is 10.1. The van der Waals surface area contributed by atoms with Crippen LogP contribution in [0.4, 0.5) is 10.6 Å². The van der Waals surface area contributed by atoms with Crippen LogP contribution >= 0.6 is 0 Å². The number of pyridine rings is 1. The second-order valence-corrected chi connectivity index (χ2v) is 7.78. The molecule has 0 spiro atoms. The number of nitrogen functional groups attached to an aromatic ring is 1. The minimum Gasteiger partial charge on any atom is -0.470 e. The SMILES string of the molecule is Cc1cc2c(N)nccc2cc1OC1CCCCN1C(=O)OC(C)(C)C. The van der Waals surface area contributed by atoms with Crippen molar-refractivity contribution in [3.63, 3.8) is 0 Å². The third-order valence-electron chi connectivity index (χ3n) is 4.43. The lowest BCUT2D eigenvalue weighted by molar-refractivity contribution is -0.0343. The van der Waals surface area contributed by atoms with E-state index in [0.717, 1.165) is 41.3 Å². The maximum absolute atomic E-state index is 12.6. The molecule has 1 amide bonds. The van der Waals surface area contributed by atoms with Gasteiger partial charge in [-0.2, -0.15) is 0 Å². The molecule has 0 radical (unpaired) electrons. The summed E-state index contributed by atoms with van der Waals surface area (Å²) in [7, 11) is 0. The second kappa shape index (κ2) is 7.02. The molecule has 1 fully saturated rings. The predicted octanol–water partition coefficient (Wildman–Crippen LogP) is 4.25. The molecule has 1 aliphatic heterocycles. The quantitative estimate of drug-likeness (QED) is 0.869. The van der Waals surface area contributed by atoms with E-state index < -0.39 is 5.60 Å². The van der Waals surface area contributed by atoms with Crippen molar-refractivity contribution in [3.8, 4) is 5.75 Å². The van der Waals surface area contributed by atoms with Crippen LogP contribution in [0.15, 0.2) is 24.4 Å². The molecular formula is C20H27N3O3. The van der Waals surface area contributed by atoms with Gasteiger partial charge in [0.15, 0.2) is 6.23 Å². The van der Waals surface area contributed by atoms with E-state index in [1.165, 1.54) is 0 Å². The van der Waals surface area contributed by atoms with Crippen molar-refractivity contribution >= 4 is 22.7 Å². The Morgan fingerprint density at radius 2 is 2.08 bits per heavy atom. The lowest BCUT2D eigenvalue weighted by Crippen LogP contribution is -2.48. The Hall–Kier alpha value is -2.50. The van der Waals surface area contributed by atoms with Crippen LogP contribution in [0.1, 0.15) is 45.6 Å². The largest absolute Gasteiger partial charge is 0.470 e. The molecule has 2 N–H and O–H groups in total. The first-order valence-electron chi connectivity index (χ1n) is 9.06. The average Bonchev–Trinajstić information content (AvgIpc) is 2.55. The smallest absolute Gasteiger partial charge is 0.413 e. The van der Waals surface area contributed by atoms with Crippen molar-refractivity contribution in [2.45, 2.75) is 58.8 Å². The Kier molecular flexibility index (Phi) is 4.94. The highest BCUT2D eigenvalue weighted by Crippen LogP contribution is 2.31. The predicted molar refractivity (Wildman–Crippen MR) is 102 cm³/mol. The van der Waals surface area contributed by atoms with Gasteiger partial charge in [0.05, 0.1) is 0 Å². The molecule has 6 nitrogen and oxygen atoms in total. The Bertz CT molecular complexity index is 814. The number of fused-ring (bicyclic) bond motifs is 1. The van der Waals surface area contributed by atoms with E-state index in [1.807, 2.05) is 45.9 Å². The maximum Gasteiger partial charge on any atom is 0.413 e. The van der Waals surface area contributed by atoms with Crippen LogP contribution in [-0.2, 0) is 4.74 Å². The molecule has 1 atom stereocenters. The zero-order chi connectivity index (χ0) is 18.9. The van der Waals surface area contributed by atoms with E-state index in [0.29, 0.717) is 12.4 Å². The van der Waals surface area contributed by atoms with Gasteiger partial charge < -0.3 is 15.2 Å². The van der Waals surface area contributed by atoms with Gasteiger partial charge in [-0.15, -0.1) is 0 Å². The van der Waals surface area contributed by atoms with E-state index in [9.17, 15) is 4.79 Å². The molecular weight excluding hydrogens is 330 g/mol. The van der Waals surface area contributed by atoms with Gasteiger partial charge in [-0.1, -0.05) is 0 Å². The molecule has 1 aliphatic rings. The number of carbonyl (C=O) groups excluding carboxylic acids is 1. The van der Waals surface area contributed by atoms with Crippen molar-refractivity contribution in [1.29, 1.82) is 0 Å². The Morgan fingerprint density at radius 3 is 2.81 bits per heavy atom. The number of anilines is 1. The summed E-state index contributed by atoms with van der Waals surface area (Å²) in [5, 5.41) is 1.88. The van der Waals surface area contributed by atoms with Crippen LogP contribution < -0.4 is 10.5 Å². The maximum atomic E-state index is 12.6. The molecule has 0 bridgehead atoms. The van der Waals surface area contributed by atoms with Crippen LogP contribution in [-0.4, -0.2) is 34.4 Å². The molecule has 1 aromatic heterocycles. The fourth-order valence-electron chi connectivity index (χ4n) is 3.16. The molecule has 0 aliphatic carbocycles. The number of ether oxygens (including phenoxy) is 2. The summed E-state index contributed by atoms with van der Waals surface area (Å²) in [6.07, 6.45) is 3.80. The molecule has 2 aromatic rings. The molecule has 1 aromatic carbocycles. The third-order valence-corrected chi connectivity index (χ3v) is 4.43. The van der Waals surface area contributed by atoms with Crippen LogP contribution in [0, 0.1) is 6.92 Å². The summed E-state index contributed by atoms with van der Waals surface area (Å²) in [5.74, 6) is 1.26. The first-order chi connectivity index (χ1) is 12.2. The number of amides is 1. The second-order valence-electron chi connectivity index (χ2n) is 7.78. The Balaban J connectivity index is 1.85. The normalized spacial score (nSPS) is 18.0. The number of likely N-dealkylation sites (tertiary alicyclic amines) is 1. The van der Waals surface area contributed by atoms with Gasteiger partial charge in [0.1, 0.15) is 17.2 Å². The number of hydrogen-bond donors (Lipinski definition) is 1. The third kappa shape index (κ3) is 4.00.